The molecule has 1 aromatic rings. The van der Waals surface area contributed by atoms with Crippen molar-refractivity contribution in [3.63, 3.8) is 0 Å². The van der Waals surface area contributed by atoms with E-state index in [1.165, 1.54) is 0 Å². The zero-order valence-electron chi connectivity index (χ0n) is 9.56. The van der Waals surface area contributed by atoms with Crippen LogP contribution in [0.3, 0.4) is 0 Å². The summed E-state index contributed by atoms with van der Waals surface area (Å²) in [6, 6.07) is 0. The number of aliphatic hydroxyl groups is 1. The molecule has 1 saturated heterocycles. The monoisotopic (exact) mass is 222 g/mol. The van der Waals surface area contributed by atoms with E-state index in [1.807, 2.05) is 19.3 Å². The van der Waals surface area contributed by atoms with Crippen molar-refractivity contribution in [1.29, 1.82) is 0 Å². The zero-order chi connectivity index (χ0) is 11.4. The first-order valence-corrected chi connectivity index (χ1v) is 5.69. The molecule has 0 bridgehead atoms. The van der Waals surface area contributed by atoms with Crippen molar-refractivity contribution >= 4 is 5.95 Å². The molecule has 1 unspecified atom stereocenters. The Balaban J connectivity index is 2.06. The van der Waals surface area contributed by atoms with Gasteiger partial charge in [0, 0.05) is 51.1 Å². The van der Waals surface area contributed by atoms with Gasteiger partial charge in [-0.3, -0.25) is 0 Å². The number of piperazine rings is 1. The van der Waals surface area contributed by atoms with Crippen LogP contribution in [0.15, 0.2) is 12.4 Å². The maximum atomic E-state index is 9.03. The van der Waals surface area contributed by atoms with E-state index in [0.29, 0.717) is 0 Å². The van der Waals surface area contributed by atoms with Crippen LogP contribution in [0, 0.1) is 0 Å². The highest BCUT2D eigenvalue weighted by molar-refractivity contribution is 5.31. The van der Waals surface area contributed by atoms with Crippen LogP contribution in [-0.2, 0) is 0 Å². The average Bonchev–Trinajstić information content (AvgIpc) is 2.39. The summed E-state index contributed by atoms with van der Waals surface area (Å²) in [5.74, 6) is 0.896. The SMILES string of the molecule is CC(CO)c1cnc(N2CCNCC2)nc1. The van der Waals surface area contributed by atoms with Gasteiger partial charge in [0.15, 0.2) is 0 Å². The van der Waals surface area contributed by atoms with Crippen molar-refractivity contribution in [1.82, 2.24) is 15.3 Å². The highest BCUT2D eigenvalue weighted by Gasteiger charge is 2.13. The van der Waals surface area contributed by atoms with Gasteiger partial charge in [0.25, 0.3) is 0 Å². The standard InChI is InChI=1S/C11H18N4O/c1-9(8-16)10-6-13-11(14-7-10)15-4-2-12-3-5-15/h6-7,9,12,16H,2-5,8H2,1H3. The van der Waals surface area contributed by atoms with E-state index in [1.54, 1.807) is 0 Å². The van der Waals surface area contributed by atoms with Gasteiger partial charge in [-0.2, -0.15) is 0 Å². The molecule has 0 saturated carbocycles. The van der Waals surface area contributed by atoms with Crippen LogP contribution < -0.4 is 10.2 Å². The maximum Gasteiger partial charge on any atom is 0.225 e. The molecule has 1 fully saturated rings. The third-order valence-corrected chi connectivity index (χ3v) is 2.90. The second-order valence-electron chi connectivity index (χ2n) is 4.14. The van der Waals surface area contributed by atoms with Gasteiger partial charge in [-0.25, -0.2) is 9.97 Å². The molecule has 88 valence electrons. The lowest BCUT2D eigenvalue weighted by molar-refractivity contribution is 0.272. The molecule has 0 aromatic carbocycles. The number of nitrogens with zero attached hydrogens (tertiary/aromatic N) is 3. The number of hydrogen-bond acceptors (Lipinski definition) is 5. The second-order valence-corrected chi connectivity index (χ2v) is 4.14. The van der Waals surface area contributed by atoms with Crippen LogP contribution >= 0.6 is 0 Å². The lowest BCUT2D eigenvalue weighted by Crippen LogP contribution is -2.44. The summed E-state index contributed by atoms with van der Waals surface area (Å²) >= 11 is 0. The molecule has 16 heavy (non-hydrogen) atoms. The molecular formula is C11H18N4O. The normalized spacial score (nSPS) is 18.5. The smallest absolute Gasteiger partial charge is 0.225 e. The van der Waals surface area contributed by atoms with E-state index in [9.17, 15) is 0 Å². The third-order valence-electron chi connectivity index (χ3n) is 2.90. The average molecular weight is 222 g/mol. The molecule has 2 N–H and O–H groups in total. The molecule has 1 aliphatic rings. The Morgan fingerprint density at radius 1 is 1.38 bits per heavy atom. The van der Waals surface area contributed by atoms with Gasteiger partial charge in [0.1, 0.15) is 0 Å². The lowest BCUT2D eigenvalue weighted by atomic mass is 10.1. The fourth-order valence-corrected chi connectivity index (χ4v) is 1.72. The summed E-state index contributed by atoms with van der Waals surface area (Å²) in [5, 5.41) is 12.3. The van der Waals surface area contributed by atoms with E-state index in [-0.39, 0.29) is 12.5 Å². The predicted molar refractivity (Wildman–Crippen MR) is 62.6 cm³/mol. The molecule has 1 aromatic heterocycles. The fourth-order valence-electron chi connectivity index (χ4n) is 1.72. The summed E-state index contributed by atoms with van der Waals surface area (Å²) in [4.78, 5) is 10.9. The van der Waals surface area contributed by atoms with E-state index < -0.39 is 0 Å². The molecule has 1 aliphatic heterocycles. The van der Waals surface area contributed by atoms with Gasteiger partial charge in [0.2, 0.25) is 5.95 Å². The first-order valence-electron chi connectivity index (χ1n) is 5.69. The van der Waals surface area contributed by atoms with Gasteiger partial charge in [0.05, 0.1) is 0 Å². The molecule has 5 heteroatoms. The zero-order valence-corrected chi connectivity index (χ0v) is 9.56. The largest absolute Gasteiger partial charge is 0.396 e. The Morgan fingerprint density at radius 2 is 2.00 bits per heavy atom. The van der Waals surface area contributed by atoms with Crippen molar-refractivity contribution in [2.45, 2.75) is 12.8 Å². The Labute approximate surface area is 95.5 Å². The number of anilines is 1. The molecule has 5 nitrogen and oxygen atoms in total. The molecule has 2 heterocycles. The molecule has 2 rings (SSSR count). The van der Waals surface area contributed by atoms with Gasteiger partial charge in [-0.15, -0.1) is 0 Å². The maximum absolute atomic E-state index is 9.03. The van der Waals surface area contributed by atoms with E-state index >= 15 is 0 Å². The molecular weight excluding hydrogens is 204 g/mol. The number of aliphatic hydroxyl groups excluding tert-OH is 1. The van der Waals surface area contributed by atoms with Crippen LogP contribution in [0.2, 0.25) is 0 Å². The lowest BCUT2D eigenvalue weighted by Gasteiger charge is -2.27. The predicted octanol–water partition coefficient (Wildman–Crippen LogP) is -0.0180. The molecule has 0 aliphatic carbocycles. The van der Waals surface area contributed by atoms with Crippen molar-refractivity contribution in [3.8, 4) is 0 Å². The van der Waals surface area contributed by atoms with Gasteiger partial charge in [-0.1, -0.05) is 6.92 Å². The van der Waals surface area contributed by atoms with Crippen molar-refractivity contribution < 1.29 is 5.11 Å². The molecule has 0 amide bonds. The summed E-state index contributed by atoms with van der Waals surface area (Å²) in [7, 11) is 0. The van der Waals surface area contributed by atoms with Crippen LogP contribution in [0.1, 0.15) is 18.4 Å². The number of hydrogen-bond donors (Lipinski definition) is 2. The number of rotatable bonds is 3. The molecule has 0 radical (unpaired) electrons. The first-order chi connectivity index (χ1) is 7.81. The third kappa shape index (κ3) is 2.48. The Bertz CT molecular complexity index is 321. The van der Waals surface area contributed by atoms with Crippen LogP contribution in [0.4, 0.5) is 5.95 Å². The van der Waals surface area contributed by atoms with Crippen LogP contribution in [0.25, 0.3) is 0 Å². The minimum absolute atomic E-state index is 0.108. The Morgan fingerprint density at radius 3 is 2.56 bits per heavy atom. The fraction of sp³-hybridized carbons (Fsp3) is 0.636. The van der Waals surface area contributed by atoms with Crippen molar-refractivity contribution in [2.24, 2.45) is 0 Å². The van der Waals surface area contributed by atoms with Crippen molar-refractivity contribution in [3.05, 3.63) is 18.0 Å². The Hall–Kier alpha value is -1.20. The second kappa shape index (κ2) is 5.23. The van der Waals surface area contributed by atoms with E-state index in [0.717, 1.165) is 37.7 Å². The Kier molecular flexibility index (Phi) is 3.69. The topological polar surface area (TPSA) is 61.3 Å². The minimum Gasteiger partial charge on any atom is -0.396 e. The minimum atomic E-state index is 0.108. The van der Waals surface area contributed by atoms with Gasteiger partial charge in [-0.05, 0) is 5.56 Å². The summed E-state index contributed by atoms with van der Waals surface area (Å²) in [6.07, 6.45) is 3.62. The van der Waals surface area contributed by atoms with E-state index in [2.05, 4.69) is 20.2 Å². The number of nitrogens with one attached hydrogen (secondary N) is 1. The van der Waals surface area contributed by atoms with Crippen LogP contribution in [-0.4, -0.2) is 47.9 Å². The summed E-state index contributed by atoms with van der Waals surface area (Å²) in [5.41, 5.74) is 0.987. The van der Waals surface area contributed by atoms with Crippen LogP contribution in [0.5, 0.6) is 0 Å². The highest BCUT2D eigenvalue weighted by atomic mass is 16.3. The van der Waals surface area contributed by atoms with Gasteiger partial charge >= 0.3 is 0 Å². The van der Waals surface area contributed by atoms with Crippen molar-refractivity contribution in [2.75, 3.05) is 37.7 Å². The summed E-state index contributed by atoms with van der Waals surface area (Å²) in [6.45, 7) is 5.97. The molecule has 0 spiro atoms. The summed E-state index contributed by atoms with van der Waals surface area (Å²) < 4.78 is 0. The first kappa shape index (κ1) is 11.3. The highest BCUT2D eigenvalue weighted by Crippen LogP contribution is 2.14. The molecule has 1 atom stereocenters. The quantitative estimate of drug-likeness (QED) is 0.753. The van der Waals surface area contributed by atoms with Gasteiger partial charge < -0.3 is 15.3 Å². The number of aromatic nitrogens is 2. The van der Waals surface area contributed by atoms with E-state index in [4.69, 9.17) is 5.11 Å².